The second-order valence-corrected chi connectivity index (χ2v) is 14.5. The number of nitrogens with one attached hydrogen (secondary N) is 1. The molecule has 1 saturated heterocycles. The van der Waals surface area contributed by atoms with E-state index in [1.54, 1.807) is 11.3 Å². The van der Waals surface area contributed by atoms with Crippen LogP contribution >= 0.6 is 23.1 Å². The summed E-state index contributed by atoms with van der Waals surface area (Å²) < 4.78 is 0. The Balaban J connectivity index is 1.51. The summed E-state index contributed by atoms with van der Waals surface area (Å²) in [6.07, 6.45) is 2.68. The predicted octanol–water partition coefficient (Wildman–Crippen LogP) is 4.78. The maximum Gasteiger partial charge on any atom is 0.226 e. The first kappa shape index (κ1) is 26.0. The number of aliphatic hydroxyl groups excluding tert-OH is 1. The molecule has 2 fully saturated rings. The van der Waals surface area contributed by atoms with Crippen LogP contribution in [0.1, 0.15) is 77.3 Å². The lowest BCUT2D eigenvalue weighted by Gasteiger charge is -2.53. The number of nitrogens with zero attached hydrogens (tertiary/aromatic N) is 2. The van der Waals surface area contributed by atoms with Gasteiger partial charge in [0, 0.05) is 47.7 Å². The largest absolute Gasteiger partial charge is 0.392 e. The van der Waals surface area contributed by atoms with Crippen LogP contribution in [0.4, 0.5) is 5.13 Å². The molecule has 0 bridgehead atoms. The van der Waals surface area contributed by atoms with Gasteiger partial charge in [-0.05, 0) is 41.9 Å². The van der Waals surface area contributed by atoms with Crippen LogP contribution < -0.4 is 5.32 Å². The molecule has 8 heteroatoms. The van der Waals surface area contributed by atoms with Crippen LogP contribution in [0, 0.1) is 28.6 Å². The summed E-state index contributed by atoms with van der Waals surface area (Å²) in [6, 6.07) is 0. The Morgan fingerprint density at radius 3 is 2.62 bits per heavy atom. The number of thiazole rings is 1. The zero-order chi connectivity index (χ0) is 24.8. The lowest BCUT2D eigenvalue weighted by Crippen LogP contribution is -2.54. The number of anilines is 1. The Bertz CT molecular complexity index is 921. The average molecular weight is 508 g/mol. The Labute approximate surface area is 212 Å². The maximum absolute atomic E-state index is 13.2. The Hall–Kier alpha value is -1.12. The van der Waals surface area contributed by atoms with Crippen LogP contribution in [-0.4, -0.2) is 57.5 Å². The highest BCUT2D eigenvalue weighted by Gasteiger charge is 2.54. The second kappa shape index (κ2) is 9.74. The van der Waals surface area contributed by atoms with E-state index in [2.05, 4.69) is 39.9 Å². The zero-order valence-corrected chi connectivity index (χ0v) is 23.2. The van der Waals surface area contributed by atoms with E-state index in [1.807, 2.05) is 23.6 Å². The van der Waals surface area contributed by atoms with Gasteiger partial charge in [-0.1, -0.05) is 41.5 Å². The van der Waals surface area contributed by atoms with Crippen LogP contribution in [0.3, 0.4) is 0 Å². The van der Waals surface area contributed by atoms with E-state index in [0.29, 0.717) is 11.6 Å². The monoisotopic (exact) mass is 507 g/mol. The number of hydrogen-bond donors (Lipinski definition) is 2. The Morgan fingerprint density at radius 1 is 1.29 bits per heavy atom. The first-order chi connectivity index (χ1) is 15.9. The van der Waals surface area contributed by atoms with Crippen molar-refractivity contribution in [3.63, 3.8) is 0 Å². The van der Waals surface area contributed by atoms with E-state index in [9.17, 15) is 14.7 Å². The summed E-state index contributed by atoms with van der Waals surface area (Å²) in [6.45, 7) is 14.3. The Kier molecular flexibility index (Phi) is 7.43. The number of thioether (sulfide) groups is 1. The van der Waals surface area contributed by atoms with Gasteiger partial charge in [0.05, 0.1) is 11.8 Å². The molecule has 34 heavy (non-hydrogen) atoms. The van der Waals surface area contributed by atoms with E-state index in [-0.39, 0.29) is 46.3 Å². The number of amides is 2. The number of fused-ring (bicyclic) bond motifs is 2. The van der Waals surface area contributed by atoms with Crippen molar-refractivity contribution >= 4 is 40.0 Å². The molecule has 0 unspecified atom stereocenters. The van der Waals surface area contributed by atoms with Gasteiger partial charge in [-0.2, -0.15) is 11.8 Å². The molecule has 2 heterocycles. The van der Waals surface area contributed by atoms with Gasteiger partial charge in [0.15, 0.2) is 5.13 Å². The molecule has 0 radical (unpaired) electrons. The van der Waals surface area contributed by atoms with Crippen LogP contribution in [0.25, 0.3) is 0 Å². The second-order valence-electron chi connectivity index (χ2n) is 12.2. The van der Waals surface area contributed by atoms with Gasteiger partial charge < -0.3 is 15.3 Å². The fourth-order valence-electron chi connectivity index (χ4n) is 6.50. The van der Waals surface area contributed by atoms with Crippen molar-refractivity contribution in [1.82, 2.24) is 9.88 Å². The van der Waals surface area contributed by atoms with Gasteiger partial charge in [-0.3, -0.25) is 9.59 Å². The number of aromatic nitrogens is 1. The first-order valence-electron chi connectivity index (χ1n) is 12.7. The number of aliphatic hydroxyl groups is 1. The van der Waals surface area contributed by atoms with Crippen molar-refractivity contribution in [1.29, 1.82) is 0 Å². The maximum atomic E-state index is 13.2. The Morgan fingerprint density at radius 2 is 1.97 bits per heavy atom. The van der Waals surface area contributed by atoms with Crippen molar-refractivity contribution < 1.29 is 14.7 Å². The summed E-state index contributed by atoms with van der Waals surface area (Å²) in [5.41, 5.74) is 0.925. The summed E-state index contributed by atoms with van der Waals surface area (Å²) in [4.78, 5) is 33.8. The number of carbonyl (C=O) groups is 2. The molecular formula is C26H41N3O3S2. The smallest absolute Gasteiger partial charge is 0.226 e. The minimum absolute atomic E-state index is 0.00146. The molecule has 190 valence electrons. The van der Waals surface area contributed by atoms with Gasteiger partial charge in [0.25, 0.3) is 0 Å². The lowest BCUT2D eigenvalue weighted by atomic mass is 9.53. The number of rotatable bonds is 4. The van der Waals surface area contributed by atoms with Crippen LogP contribution in [0.15, 0.2) is 0 Å². The van der Waals surface area contributed by atoms with Gasteiger partial charge in [0.1, 0.15) is 0 Å². The summed E-state index contributed by atoms with van der Waals surface area (Å²) >= 11 is 3.50. The van der Waals surface area contributed by atoms with Crippen molar-refractivity contribution in [2.75, 3.05) is 29.9 Å². The van der Waals surface area contributed by atoms with Crippen LogP contribution in [-0.2, 0) is 16.0 Å². The minimum Gasteiger partial charge on any atom is -0.392 e. The highest BCUT2D eigenvalue weighted by Crippen LogP contribution is 2.57. The van der Waals surface area contributed by atoms with Crippen molar-refractivity contribution in [3.05, 3.63) is 10.6 Å². The third-order valence-electron chi connectivity index (χ3n) is 8.21. The van der Waals surface area contributed by atoms with Crippen molar-refractivity contribution in [3.8, 4) is 0 Å². The zero-order valence-electron chi connectivity index (χ0n) is 21.5. The quantitative estimate of drug-likeness (QED) is 0.613. The number of hydrogen-bond acceptors (Lipinski definition) is 6. The molecule has 6 atom stereocenters. The predicted molar refractivity (Wildman–Crippen MR) is 140 cm³/mol. The molecule has 1 aliphatic heterocycles. The normalized spacial score (nSPS) is 32.5. The molecule has 6 nitrogen and oxygen atoms in total. The summed E-state index contributed by atoms with van der Waals surface area (Å²) in [5, 5.41) is 15.3. The van der Waals surface area contributed by atoms with E-state index >= 15 is 0 Å². The topological polar surface area (TPSA) is 82.5 Å². The van der Waals surface area contributed by atoms with E-state index < -0.39 is 6.10 Å². The van der Waals surface area contributed by atoms with Gasteiger partial charge in [-0.25, -0.2) is 4.98 Å². The fraction of sp³-hybridized carbons (Fsp3) is 0.808. The SMILES string of the molecule is C[C@H](C(=O)N1CCSCC1)[C@@H]1CC[C@@]2(C)Cc3sc(NC(=O)CC(C)(C)C)nc3[C@@H](C)[C@@H]2[C@H]1O. The molecule has 0 aromatic carbocycles. The lowest BCUT2D eigenvalue weighted by molar-refractivity contribution is -0.144. The molecule has 0 spiro atoms. The van der Waals surface area contributed by atoms with Gasteiger partial charge >= 0.3 is 0 Å². The molecule has 3 aliphatic rings. The summed E-state index contributed by atoms with van der Waals surface area (Å²) in [7, 11) is 0. The average Bonchev–Trinajstić information content (AvgIpc) is 3.13. The third-order valence-corrected chi connectivity index (χ3v) is 10.1. The highest BCUT2D eigenvalue weighted by atomic mass is 32.2. The fourth-order valence-corrected chi connectivity index (χ4v) is 8.68. The van der Waals surface area contributed by atoms with Crippen LogP contribution in [0.5, 0.6) is 0 Å². The highest BCUT2D eigenvalue weighted by molar-refractivity contribution is 7.99. The standard InChI is InChI=1S/C26H41N3O3S2/c1-15(23(32)29-9-11-33-12-10-29)17-7-8-26(6)13-18-21(16(2)20(26)22(17)31)28-24(34-18)27-19(30)14-25(3,4)5/h15-17,20,22,31H,7-14H2,1-6H3,(H,27,28,30)/t15-,16-,17-,20+,22-,26-/m0/s1. The summed E-state index contributed by atoms with van der Waals surface area (Å²) in [5.74, 6) is 2.17. The molecule has 1 aromatic rings. The molecule has 2 aliphatic carbocycles. The molecule has 2 N–H and O–H groups in total. The van der Waals surface area contributed by atoms with Gasteiger partial charge in [0.2, 0.25) is 11.8 Å². The van der Waals surface area contributed by atoms with E-state index in [4.69, 9.17) is 4.98 Å². The number of carbonyl (C=O) groups excluding carboxylic acids is 2. The minimum atomic E-state index is -0.527. The molecular weight excluding hydrogens is 466 g/mol. The third kappa shape index (κ3) is 5.19. The molecule has 4 rings (SSSR count). The molecule has 1 aromatic heterocycles. The van der Waals surface area contributed by atoms with E-state index in [1.165, 1.54) is 4.88 Å². The van der Waals surface area contributed by atoms with E-state index in [0.717, 1.165) is 49.6 Å². The molecule has 2 amide bonds. The first-order valence-corrected chi connectivity index (χ1v) is 14.7. The van der Waals surface area contributed by atoms with Gasteiger partial charge in [-0.15, -0.1) is 11.3 Å². The molecule has 1 saturated carbocycles. The van der Waals surface area contributed by atoms with Crippen molar-refractivity contribution in [2.45, 2.75) is 79.2 Å². The van der Waals surface area contributed by atoms with Crippen LogP contribution in [0.2, 0.25) is 0 Å². The van der Waals surface area contributed by atoms with Crippen molar-refractivity contribution in [2.24, 2.45) is 28.6 Å².